The Bertz CT molecular complexity index is 693. The Labute approximate surface area is 146 Å². The van der Waals surface area contributed by atoms with E-state index in [0.29, 0.717) is 11.6 Å². The third-order valence-corrected chi connectivity index (χ3v) is 4.51. The number of rotatable bonds is 5. The molecule has 24 heavy (non-hydrogen) atoms. The topological polar surface area (TPSA) is 75.6 Å². The Morgan fingerprint density at radius 2 is 1.96 bits per heavy atom. The van der Waals surface area contributed by atoms with E-state index in [0.717, 1.165) is 43.4 Å². The predicted molar refractivity (Wildman–Crippen MR) is 91.5 cm³/mol. The largest absolute Gasteiger partial charge is 0.445 e. The lowest BCUT2D eigenvalue weighted by Crippen LogP contribution is -2.50. The van der Waals surface area contributed by atoms with E-state index in [1.807, 2.05) is 19.1 Å². The van der Waals surface area contributed by atoms with E-state index in [1.54, 1.807) is 18.3 Å². The fourth-order valence-corrected chi connectivity index (χ4v) is 3.17. The van der Waals surface area contributed by atoms with Crippen molar-refractivity contribution in [3.8, 4) is 0 Å². The number of hydrogen-bond donors (Lipinski definition) is 1. The van der Waals surface area contributed by atoms with E-state index in [1.165, 1.54) is 0 Å². The quantitative estimate of drug-likeness (QED) is 0.894. The van der Waals surface area contributed by atoms with Crippen molar-refractivity contribution >= 4 is 17.5 Å². The number of nitrogens with two attached hydrogens (primary N) is 1. The predicted octanol–water partition coefficient (Wildman–Crippen LogP) is 1.98. The van der Waals surface area contributed by atoms with E-state index in [2.05, 4.69) is 14.8 Å². The standard InChI is InChI=1S/C17H21ClN4O2/c1-12-10-20-15(24-12)11-21-6-8-22(9-7-21)16(17(19)23)13-2-4-14(18)5-3-13/h2-5,10,16H,6-9,11H2,1H3,(H2,19,23)/t16-/m1/s1. The van der Waals surface area contributed by atoms with Gasteiger partial charge < -0.3 is 10.2 Å². The molecule has 0 spiro atoms. The van der Waals surface area contributed by atoms with E-state index >= 15 is 0 Å². The molecule has 0 aliphatic carbocycles. The van der Waals surface area contributed by atoms with Crippen molar-refractivity contribution in [1.82, 2.24) is 14.8 Å². The molecule has 2 heterocycles. The average Bonchev–Trinajstić information content (AvgIpc) is 2.96. The minimum absolute atomic E-state index is 0.339. The summed E-state index contributed by atoms with van der Waals surface area (Å²) in [5.74, 6) is 1.21. The Morgan fingerprint density at radius 1 is 1.29 bits per heavy atom. The van der Waals surface area contributed by atoms with E-state index in [4.69, 9.17) is 21.8 Å². The van der Waals surface area contributed by atoms with Gasteiger partial charge in [-0.2, -0.15) is 0 Å². The Morgan fingerprint density at radius 3 is 2.50 bits per heavy atom. The molecule has 1 fully saturated rings. The summed E-state index contributed by atoms with van der Waals surface area (Å²) in [6.45, 7) is 5.76. The normalized spacial score (nSPS) is 17.8. The third-order valence-electron chi connectivity index (χ3n) is 4.26. The number of nitrogens with zero attached hydrogens (tertiary/aromatic N) is 3. The highest BCUT2D eigenvalue weighted by molar-refractivity contribution is 6.30. The average molecular weight is 349 g/mol. The molecule has 1 aliphatic heterocycles. The molecule has 2 N–H and O–H groups in total. The molecule has 1 amide bonds. The Balaban J connectivity index is 1.63. The maximum absolute atomic E-state index is 12.0. The van der Waals surface area contributed by atoms with Crippen LogP contribution in [0.2, 0.25) is 5.02 Å². The first-order valence-corrected chi connectivity index (χ1v) is 8.33. The fourth-order valence-electron chi connectivity index (χ4n) is 3.05. The summed E-state index contributed by atoms with van der Waals surface area (Å²) in [4.78, 5) is 20.6. The van der Waals surface area contributed by atoms with Gasteiger partial charge in [-0.1, -0.05) is 23.7 Å². The molecule has 128 valence electrons. The van der Waals surface area contributed by atoms with Crippen molar-refractivity contribution in [1.29, 1.82) is 0 Å². The first kappa shape index (κ1) is 17.0. The first-order chi connectivity index (χ1) is 11.5. The lowest BCUT2D eigenvalue weighted by atomic mass is 10.0. The van der Waals surface area contributed by atoms with E-state index in [-0.39, 0.29) is 5.91 Å². The minimum Gasteiger partial charge on any atom is -0.445 e. The van der Waals surface area contributed by atoms with Gasteiger partial charge in [0.15, 0.2) is 0 Å². The number of carbonyl (C=O) groups excluding carboxylic acids is 1. The van der Waals surface area contributed by atoms with Crippen LogP contribution in [0.25, 0.3) is 0 Å². The second kappa shape index (κ2) is 7.34. The van der Waals surface area contributed by atoms with Gasteiger partial charge in [-0.25, -0.2) is 4.98 Å². The number of piperazine rings is 1. The van der Waals surface area contributed by atoms with Gasteiger partial charge in [0.05, 0.1) is 12.7 Å². The van der Waals surface area contributed by atoms with Crippen LogP contribution in [0.4, 0.5) is 0 Å². The molecule has 3 rings (SSSR count). The summed E-state index contributed by atoms with van der Waals surface area (Å²) < 4.78 is 5.53. The van der Waals surface area contributed by atoms with Crippen molar-refractivity contribution in [3.05, 3.63) is 52.7 Å². The van der Waals surface area contributed by atoms with E-state index < -0.39 is 6.04 Å². The lowest BCUT2D eigenvalue weighted by Gasteiger charge is -2.37. The number of aryl methyl sites for hydroxylation is 1. The van der Waals surface area contributed by atoms with Crippen molar-refractivity contribution in [2.75, 3.05) is 26.2 Å². The monoisotopic (exact) mass is 348 g/mol. The molecule has 7 heteroatoms. The van der Waals surface area contributed by atoms with Gasteiger partial charge in [0.25, 0.3) is 0 Å². The molecule has 0 unspecified atom stereocenters. The summed E-state index contributed by atoms with van der Waals surface area (Å²) in [6.07, 6.45) is 1.73. The van der Waals surface area contributed by atoms with Crippen LogP contribution in [0, 0.1) is 6.92 Å². The van der Waals surface area contributed by atoms with Crippen LogP contribution in [0.15, 0.2) is 34.9 Å². The smallest absolute Gasteiger partial charge is 0.239 e. The van der Waals surface area contributed by atoms with Crippen molar-refractivity contribution in [2.45, 2.75) is 19.5 Å². The zero-order valence-corrected chi connectivity index (χ0v) is 14.4. The maximum atomic E-state index is 12.0. The molecule has 1 aliphatic rings. The fraction of sp³-hybridized carbons (Fsp3) is 0.412. The van der Waals surface area contributed by atoms with E-state index in [9.17, 15) is 4.79 Å². The summed E-state index contributed by atoms with van der Waals surface area (Å²) in [5, 5.41) is 0.646. The van der Waals surface area contributed by atoms with Crippen LogP contribution >= 0.6 is 11.6 Å². The third kappa shape index (κ3) is 3.95. The molecule has 1 atom stereocenters. The molecule has 0 bridgehead atoms. The van der Waals surface area contributed by atoms with Crippen LogP contribution in [0.3, 0.4) is 0 Å². The highest BCUT2D eigenvalue weighted by atomic mass is 35.5. The van der Waals surface area contributed by atoms with Crippen LogP contribution in [-0.4, -0.2) is 46.9 Å². The number of halogens is 1. The van der Waals surface area contributed by atoms with Gasteiger partial charge >= 0.3 is 0 Å². The molecule has 1 aromatic carbocycles. The second-order valence-corrected chi connectivity index (χ2v) is 6.47. The summed E-state index contributed by atoms with van der Waals surface area (Å²) in [5.41, 5.74) is 6.52. The van der Waals surface area contributed by atoms with Gasteiger partial charge in [-0.15, -0.1) is 0 Å². The van der Waals surface area contributed by atoms with Gasteiger partial charge in [0, 0.05) is 31.2 Å². The molecule has 0 saturated carbocycles. The second-order valence-electron chi connectivity index (χ2n) is 6.03. The number of aromatic nitrogens is 1. The number of hydrogen-bond acceptors (Lipinski definition) is 5. The highest BCUT2D eigenvalue weighted by Gasteiger charge is 2.29. The molecule has 2 aromatic rings. The summed E-state index contributed by atoms with van der Waals surface area (Å²) in [7, 11) is 0. The van der Waals surface area contributed by atoms with Crippen LogP contribution < -0.4 is 5.73 Å². The number of benzene rings is 1. The molecular formula is C17H21ClN4O2. The number of oxazole rings is 1. The SMILES string of the molecule is Cc1cnc(CN2CCN([C@@H](C(N)=O)c3ccc(Cl)cc3)CC2)o1. The Hall–Kier alpha value is -1.89. The van der Waals surface area contributed by atoms with Crippen LogP contribution in [0.5, 0.6) is 0 Å². The maximum Gasteiger partial charge on any atom is 0.239 e. The minimum atomic E-state index is -0.423. The first-order valence-electron chi connectivity index (χ1n) is 7.95. The Kier molecular flexibility index (Phi) is 5.18. The van der Waals surface area contributed by atoms with Crippen molar-refractivity contribution in [2.24, 2.45) is 5.73 Å². The van der Waals surface area contributed by atoms with Gasteiger partial charge in [-0.3, -0.25) is 14.6 Å². The molecule has 6 nitrogen and oxygen atoms in total. The number of carbonyl (C=O) groups is 1. The highest BCUT2D eigenvalue weighted by Crippen LogP contribution is 2.24. The summed E-state index contributed by atoms with van der Waals surface area (Å²) >= 11 is 5.93. The van der Waals surface area contributed by atoms with Crippen LogP contribution in [0.1, 0.15) is 23.3 Å². The van der Waals surface area contributed by atoms with Crippen molar-refractivity contribution in [3.63, 3.8) is 0 Å². The molecule has 1 saturated heterocycles. The zero-order chi connectivity index (χ0) is 17.1. The summed E-state index contributed by atoms with van der Waals surface area (Å²) in [6, 6.07) is 6.87. The molecule has 1 aromatic heterocycles. The molecular weight excluding hydrogens is 328 g/mol. The van der Waals surface area contributed by atoms with Crippen molar-refractivity contribution < 1.29 is 9.21 Å². The van der Waals surface area contributed by atoms with Gasteiger partial charge in [-0.05, 0) is 24.6 Å². The number of amides is 1. The lowest BCUT2D eigenvalue weighted by molar-refractivity contribution is -0.124. The van der Waals surface area contributed by atoms with Crippen LogP contribution in [-0.2, 0) is 11.3 Å². The van der Waals surface area contributed by atoms with Gasteiger partial charge in [0.2, 0.25) is 11.8 Å². The zero-order valence-electron chi connectivity index (χ0n) is 13.6. The molecule has 0 radical (unpaired) electrons. The number of primary amides is 1. The van der Waals surface area contributed by atoms with Gasteiger partial charge in [0.1, 0.15) is 11.8 Å².